The molecule has 0 fully saturated rings. The van der Waals surface area contributed by atoms with Gasteiger partial charge in [-0.3, -0.25) is 9.69 Å². The summed E-state index contributed by atoms with van der Waals surface area (Å²) in [6.07, 6.45) is 1.75. The zero-order chi connectivity index (χ0) is 19.7. The third kappa shape index (κ3) is 3.82. The number of amides is 1. The fourth-order valence-electron chi connectivity index (χ4n) is 3.17. The smallest absolute Gasteiger partial charge is 0.233 e. The molecule has 2 aromatic carbocycles. The summed E-state index contributed by atoms with van der Waals surface area (Å²) in [5.74, 6) is 0.247. The van der Waals surface area contributed by atoms with Crippen molar-refractivity contribution in [1.29, 1.82) is 0 Å². The molecule has 0 atom stereocenters. The van der Waals surface area contributed by atoms with Crippen molar-refractivity contribution in [2.24, 2.45) is 0 Å². The lowest BCUT2D eigenvalue weighted by Gasteiger charge is -2.18. The lowest BCUT2D eigenvalue weighted by molar-refractivity contribution is -0.118. The van der Waals surface area contributed by atoms with Gasteiger partial charge < -0.3 is 4.42 Å². The van der Waals surface area contributed by atoms with E-state index in [0.717, 1.165) is 26.9 Å². The molecular weight excluding hydrogens is 375 g/mol. The molecule has 2 heterocycles. The van der Waals surface area contributed by atoms with Crippen LogP contribution in [0.3, 0.4) is 0 Å². The first-order chi connectivity index (χ1) is 13.5. The van der Waals surface area contributed by atoms with E-state index in [0.29, 0.717) is 17.4 Å². The van der Waals surface area contributed by atoms with Crippen molar-refractivity contribution < 1.29 is 13.6 Å². The summed E-state index contributed by atoms with van der Waals surface area (Å²) < 4.78 is 19.7. The largest absolute Gasteiger partial charge is 0.467 e. The number of nitrogens with zero attached hydrogens (tertiary/aromatic N) is 2. The highest BCUT2D eigenvalue weighted by atomic mass is 32.1. The minimum atomic E-state index is -0.319. The molecule has 0 unspecified atom stereocenters. The van der Waals surface area contributed by atoms with Crippen LogP contribution < -0.4 is 4.90 Å². The number of carbonyl (C=O) groups is 1. The first-order valence-corrected chi connectivity index (χ1v) is 9.76. The SMILES string of the molecule is Cc1cc(C)c2nc(N(Cc3ccco3)C(=O)Cc3ccc(F)cc3)sc2c1. The van der Waals surface area contributed by atoms with Gasteiger partial charge in [-0.05, 0) is 60.9 Å². The van der Waals surface area contributed by atoms with Crippen molar-refractivity contribution >= 4 is 32.6 Å². The van der Waals surface area contributed by atoms with Crippen LogP contribution in [0.5, 0.6) is 0 Å². The minimum Gasteiger partial charge on any atom is -0.467 e. The van der Waals surface area contributed by atoms with E-state index >= 15 is 0 Å². The number of aromatic nitrogens is 1. The van der Waals surface area contributed by atoms with E-state index in [9.17, 15) is 9.18 Å². The van der Waals surface area contributed by atoms with E-state index in [-0.39, 0.29) is 18.1 Å². The molecule has 2 aromatic heterocycles. The van der Waals surface area contributed by atoms with Gasteiger partial charge in [0.2, 0.25) is 5.91 Å². The van der Waals surface area contributed by atoms with E-state index < -0.39 is 0 Å². The molecule has 0 N–H and O–H groups in total. The van der Waals surface area contributed by atoms with Crippen LogP contribution in [-0.4, -0.2) is 10.9 Å². The van der Waals surface area contributed by atoms with Crippen LogP contribution in [0.4, 0.5) is 9.52 Å². The lowest BCUT2D eigenvalue weighted by Crippen LogP contribution is -2.31. The predicted octanol–water partition coefficient (Wildman–Crippen LogP) is 5.42. The number of anilines is 1. The molecule has 6 heteroatoms. The number of benzene rings is 2. The van der Waals surface area contributed by atoms with Gasteiger partial charge in [0.25, 0.3) is 0 Å². The number of aryl methyl sites for hydroxylation is 2. The molecule has 0 spiro atoms. The number of halogens is 1. The van der Waals surface area contributed by atoms with Crippen LogP contribution in [0.25, 0.3) is 10.2 Å². The highest BCUT2D eigenvalue weighted by Gasteiger charge is 2.22. The van der Waals surface area contributed by atoms with Gasteiger partial charge in [0.1, 0.15) is 11.6 Å². The second-order valence-corrected chi connectivity index (χ2v) is 7.80. The summed E-state index contributed by atoms with van der Waals surface area (Å²) >= 11 is 1.49. The summed E-state index contributed by atoms with van der Waals surface area (Å²) in [7, 11) is 0. The Morgan fingerprint density at radius 1 is 1.18 bits per heavy atom. The number of thiazole rings is 1. The number of hydrogen-bond acceptors (Lipinski definition) is 4. The third-order valence-electron chi connectivity index (χ3n) is 4.51. The molecule has 0 radical (unpaired) electrons. The number of fused-ring (bicyclic) bond motifs is 1. The van der Waals surface area contributed by atoms with Crippen LogP contribution in [0.1, 0.15) is 22.5 Å². The van der Waals surface area contributed by atoms with Crippen molar-refractivity contribution in [3.8, 4) is 0 Å². The Labute approximate surface area is 166 Å². The van der Waals surface area contributed by atoms with Crippen molar-refractivity contribution in [3.05, 3.63) is 83.1 Å². The maximum absolute atomic E-state index is 13.2. The number of hydrogen-bond donors (Lipinski definition) is 0. The zero-order valence-corrected chi connectivity index (χ0v) is 16.4. The topological polar surface area (TPSA) is 46.3 Å². The molecule has 4 rings (SSSR count). The number of rotatable bonds is 5. The summed E-state index contributed by atoms with van der Waals surface area (Å²) in [4.78, 5) is 19.5. The fourth-order valence-corrected chi connectivity index (χ4v) is 4.33. The molecule has 0 aliphatic carbocycles. The van der Waals surface area contributed by atoms with E-state index in [1.165, 1.54) is 23.5 Å². The monoisotopic (exact) mass is 394 g/mol. The Bertz CT molecular complexity index is 1120. The highest BCUT2D eigenvalue weighted by molar-refractivity contribution is 7.22. The molecule has 0 bridgehead atoms. The van der Waals surface area contributed by atoms with E-state index in [2.05, 4.69) is 12.1 Å². The Morgan fingerprint density at radius 2 is 1.96 bits per heavy atom. The van der Waals surface area contributed by atoms with Gasteiger partial charge in [-0.1, -0.05) is 29.5 Å². The van der Waals surface area contributed by atoms with E-state index in [1.54, 1.807) is 29.4 Å². The number of furan rings is 1. The quantitative estimate of drug-likeness (QED) is 0.454. The van der Waals surface area contributed by atoms with Crippen LogP contribution in [0.2, 0.25) is 0 Å². The minimum absolute atomic E-state index is 0.114. The summed E-state index contributed by atoms with van der Waals surface area (Å²) in [6, 6.07) is 13.8. The zero-order valence-electron chi connectivity index (χ0n) is 15.6. The Kier molecular flexibility index (Phi) is 4.96. The van der Waals surface area contributed by atoms with Crippen LogP contribution >= 0.6 is 11.3 Å². The van der Waals surface area contributed by atoms with E-state index in [1.807, 2.05) is 19.9 Å². The van der Waals surface area contributed by atoms with Gasteiger partial charge in [-0.25, -0.2) is 9.37 Å². The summed E-state index contributed by atoms with van der Waals surface area (Å²) in [5, 5.41) is 0.632. The molecule has 1 amide bonds. The molecule has 4 nitrogen and oxygen atoms in total. The first-order valence-electron chi connectivity index (χ1n) is 8.94. The molecular formula is C22H19FN2O2S. The average molecular weight is 394 g/mol. The Morgan fingerprint density at radius 3 is 2.68 bits per heavy atom. The third-order valence-corrected chi connectivity index (χ3v) is 5.54. The molecule has 28 heavy (non-hydrogen) atoms. The fraction of sp³-hybridized carbons (Fsp3) is 0.182. The van der Waals surface area contributed by atoms with Gasteiger partial charge in [-0.2, -0.15) is 0 Å². The first kappa shape index (κ1) is 18.4. The van der Waals surface area contributed by atoms with Crippen molar-refractivity contribution in [1.82, 2.24) is 4.98 Å². The summed E-state index contributed by atoms with van der Waals surface area (Å²) in [5.41, 5.74) is 3.91. The second kappa shape index (κ2) is 7.56. The van der Waals surface area contributed by atoms with Gasteiger partial charge in [0.05, 0.1) is 29.4 Å². The maximum atomic E-state index is 13.2. The lowest BCUT2D eigenvalue weighted by atomic mass is 10.1. The van der Waals surface area contributed by atoms with Gasteiger partial charge in [0, 0.05) is 0 Å². The standard InChI is InChI=1S/C22H19FN2O2S/c1-14-10-15(2)21-19(11-14)28-22(24-21)25(13-18-4-3-9-27-18)20(26)12-16-5-7-17(23)8-6-16/h3-11H,12-13H2,1-2H3. The van der Waals surface area contributed by atoms with Gasteiger partial charge in [0.15, 0.2) is 5.13 Å². The average Bonchev–Trinajstić information content (AvgIpc) is 3.31. The molecule has 4 aromatic rings. The maximum Gasteiger partial charge on any atom is 0.233 e. The summed E-state index contributed by atoms with van der Waals surface area (Å²) in [6.45, 7) is 4.37. The molecule has 0 aliphatic heterocycles. The van der Waals surface area contributed by atoms with Crippen LogP contribution in [0.15, 0.2) is 59.2 Å². The molecule has 142 valence electrons. The highest BCUT2D eigenvalue weighted by Crippen LogP contribution is 2.33. The van der Waals surface area contributed by atoms with Gasteiger partial charge in [-0.15, -0.1) is 0 Å². The van der Waals surface area contributed by atoms with Gasteiger partial charge >= 0.3 is 0 Å². The molecule has 0 aliphatic rings. The second-order valence-electron chi connectivity index (χ2n) is 6.79. The number of carbonyl (C=O) groups excluding carboxylic acids is 1. The molecule has 0 saturated heterocycles. The van der Waals surface area contributed by atoms with Crippen molar-refractivity contribution in [2.45, 2.75) is 26.8 Å². The Hall–Kier alpha value is -2.99. The van der Waals surface area contributed by atoms with Crippen LogP contribution in [-0.2, 0) is 17.8 Å². The van der Waals surface area contributed by atoms with Crippen molar-refractivity contribution in [2.75, 3.05) is 4.90 Å². The Balaban J connectivity index is 1.69. The molecule has 0 saturated carbocycles. The normalized spacial score (nSPS) is 11.1. The van der Waals surface area contributed by atoms with E-state index in [4.69, 9.17) is 9.40 Å². The van der Waals surface area contributed by atoms with Crippen molar-refractivity contribution in [3.63, 3.8) is 0 Å². The predicted molar refractivity (Wildman–Crippen MR) is 109 cm³/mol. The van der Waals surface area contributed by atoms with Crippen LogP contribution in [0, 0.1) is 19.7 Å².